The average molecular weight is 318 g/mol. The molecule has 3 aromatic rings. The van der Waals surface area contributed by atoms with E-state index in [1.54, 1.807) is 22.1 Å². The molecule has 116 valence electrons. The van der Waals surface area contributed by atoms with Crippen molar-refractivity contribution in [2.45, 2.75) is 33.2 Å². The van der Waals surface area contributed by atoms with E-state index in [2.05, 4.69) is 23.4 Å². The highest BCUT2D eigenvalue weighted by Gasteiger charge is 2.13. The lowest BCUT2D eigenvalue weighted by Gasteiger charge is -2.06. The molecular formula is C15H18N4O2S. The first kappa shape index (κ1) is 14.8. The maximum atomic E-state index is 12.5. The Kier molecular flexibility index (Phi) is 3.98. The Morgan fingerprint density at radius 3 is 2.86 bits per heavy atom. The van der Waals surface area contributed by atoms with Gasteiger partial charge in [-0.1, -0.05) is 13.8 Å². The standard InChI is InChI=1S/C15H18N4O2S/c1-3-5-16-14(20)8-19-15(21)12-7-13-11(18(12)9-17-19)6-10(4-2)22-13/h6-7,9H,3-5,8H2,1-2H3,(H,16,20). The van der Waals surface area contributed by atoms with Crippen LogP contribution in [0.15, 0.2) is 23.3 Å². The molecule has 0 spiro atoms. The van der Waals surface area contributed by atoms with Crippen molar-refractivity contribution in [1.82, 2.24) is 19.5 Å². The molecule has 0 radical (unpaired) electrons. The second-order valence-corrected chi connectivity index (χ2v) is 6.33. The Bertz CT molecular complexity index is 890. The van der Waals surface area contributed by atoms with Crippen LogP contribution in [0.2, 0.25) is 0 Å². The van der Waals surface area contributed by atoms with Crippen LogP contribution in [0.5, 0.6) is 0 Å². The number of aromatic nitrogens is 3. The minimum absolute atomic E-state index is 0.0472. The fourth-order valence-corrected chi connectivity index (χ4v) is 3.42. The van der Waals surface area contributed by atoms with Gasteiger partial charge in [-0.3, -0.25) is 14.0 Å². The van der Waals surface area contributed by atoms with Crippen molar-refractivity contribution in [2.24, 2.45) is 0 Å². The summed E-state index contributed by atoms with van der Waals surface area (Å²) in [7, 11) is 0. The van der Waals surface area contributed by atoms with Crippen LogP contribution < -0.4 is 10.9 Å². The molecule has 6 nitrogen and oxygen atoms in total. The second kappa shape index (κ2) is 5.92. The number of thiophene rings is 1. The Hall–Kier alpha value is -2.15. The van der Waals surface area contributed by atoms with Crippen molar-refractivity contribution >= 4 is 33.0 Å². The van der Waals surface area contributed by atoms with E-state index in [0.717, 1.165) is 23.1 Å². The fourth-order valence-electron chi connectivity index (χ4n) is 2.39. The van der Waals surface area contributed by atoms with E-state index in [9.17, 15) is 9.59 Å². The van der Waals surface area contributed by atoms with Crippen LogP contribution in [0.1, 0.15) is 25.1 Å². The number of nitrogens with one attached hydrogen (secondary N) is 1. The summed E-state index contributed by atoms with van der Waals surface area (Å²) < 4.78 is 4.09. The van der Waals surface area contributed by atoms with Crippen LogP contribution in [0.3, 0.4) is 0 Å². The van der Waals surface area contributed by atoms with Crippen molar-refractivity contribution < 1.29 is 4.79 Å². The zero-order valence-electron chi connectivity index (χ0n) is 12.6. The third-order valence-electron chi connectivity index (χ3n) is 3.55. The van der Waals surface area contributed by atoms with E-state index >= 15 is 0 Å². The van der Waals surface area contributed by atoms with Crippen LogP contribution >= 0.6 is 11.3 Å². The summed E-state index contributed by atoms with van der Waals surface area (Å²) in [4.78, 5) is 25.5. The summed E-state index contributed by atoms with van der Waals surface area (Å²) in [6, 6.07) is 3.97. The molecule has 0 unspecified atom stereocenters. The predicted octanol–water partition coefficient (Wildman–Crippen LogP) is 1.80. The molecule has 0 saturated heterocycles. The van der Waals surface area contributed by atoms with Crippen molar-refractivity contribution in [3.05, 3.63) is 33.7 Å². The number of hydrogen-bond donors (Lipinski definition) is 1. The van der Waals surface area contributed by atoms with Gasteiger partial charge in [0.2, 0.25) is 5.91 Å². The maximum Gasteiger partial charge on any atom is 0.291 e. The molecule has 3 rings (SSSR count). The molecule has 1 amide bonds. The average Bonchev–Trinajstić information content (AvgIpc) is 3.06. The van der Waals surface area contributed by atoms with Gasteiger partial charge < -0.3 is 5.32 Å². The molecule has 0 saturated carbocycles. The van der Waals surface area contributed by atoms with Crippen LogP contribution in [0.25, 0.3) is 15.7 Å². The van der Waals surface area contributed by atoms with E-state index in [1.807, 2.05) is 13.0 Å². The first-order valence-electron chi connectivity index (χ1n) is 7.40. The van der Waals surface area contributed by atoms with Gasteiger partial charge in [-0.15, -0.1) is 11.3 Å². The minimum Gasteiger partial charge on any atom is -0.355 e. The van der Waals surface area contributed by atoms with Gasteiger partial charge >= 0.3 is 0 Å². The normalized spacial score (nSPS) is 11.4. The second-order valence-electron chi connectivity index (χ2n) is 5.16. The monoisotopic (exact) mass is 318 g/mol. The van der Waals surface area contributed by atoms with E-state index in [4.69, 9.17) is 0 Å². The van der Waals surface area contributed by atoms with Crippen LogP contribution in [-0.4, -0.2) is 26.6 Å². The lowest BCUT2D eigenvalue weighted by Crippen LogP contribution is -2.34. The number of amides is 1. The van der Waals surface area contributed by atoms with Gasteiger partial charge in [-0.25, -0.2) is 4.68 Å². The van der Waals surface area contributed by atoms with Gasteiger partial charge in [0.05, 0.1) is 10.2 Å². The predicted molar refractivity (Wildman–Crippen MR) is 87.5 cm³/mol. The van der Waals surface area contributed by atoms with Crippen LogP contribution in [0.4, 0.5) is 0 Å². The molecule has 22 heavy (non-hydrogen) atoms. The number of aryl methyl sites for hydroxylation is 1. The van der Waals surface area contributed by atoms with E-state index in [-0.39, 0.29) is 18.0 Å². The number of carbonyl (C=O) groups excluding carboxylic acids is 1. The maximum absolute atomic E-state index is 12.5. The highest BCUT2D eigenvalue weighted by atomic mass is 32.1. The summed E-state index contributed by atoms with van der Waals surface area (Å²) in [5, 5.41) is 6.87. The molecule has 3 aromatic heterocycles. The van der Waals surface area contributed by atoms with Gasteiger partial charge in [0, 0.05) is 11.4 Å². The molecule has 0 bridgehead atoms. The molecule has 0 aliphatic heterocycles. The van der Waals surface area contributed by atoms with E-state index in [0.29, 0.717) is 12.1 Å². The lowest BCUT2D eigenvalue weighted by molar-refractivity contribution is -0.121. The molecular weight excluding hydrogens is 300 g/mol. The largest absolute Gasteiger partial charge is 0.355 e. The van der Waals surface area contributed by atoms with Crippen molar-refractivity contribution in [2.75, 3.05) is 6.54 Å². The van der Waals surface area contributed by atoms with Crippen LogP contribution in [-0.2, 0) is 17.8 Å². The zero-order chi connectivity index (χ0) is 15.7. The Labute approximate surface area is 131 Å². The first-order chi connectivity index (χ1) is 10.6. The Balaban J connectivity index is 1.99. The highest BCUT2D eigenvalue weighted by Crippen LogP contribution is 2.27. The summed E-state index contributed by atoms with van der Waals surface area (Å²) in [5.74, 6) is -0.192. The van der Waals surface area contributed by atoms with Gasteiger partial charge in [0.15, 0.2) is 0 Å². The Morgan fingerprint density at radius 1 is 1.32 bits per heavy atom. The van der Waals surface area contributed by atoms with E-state index < -0.39 is 0 Å². The third kappa shape index (κ3) is 2.52. The molecule has 0 atom stereocenters. The topological polar surface area (TPSA) is 68.4 Å². The first-order valence-corrected chi connectivity index (χ1v) is 8.22. The quantitative estimate of drug-likeness (QED) is 0.780. The van der Waals surface area contributed by atoms with Crippen molar-refractivity contribution in [1.29, 1.82) is 0 Å². The Morgan fingerprint density at radius 2 is 2.14 bits per heavy atom. The molecule has 0 aliphatic rings. The summed E-state index contributed by atoms with van der Waals surface area (Å²) >= 11 is 1.69. The highest BCUT2D eigenvalue weighted by molar-refractivity contribution is 7.19. The number of nitrogens with zero attached hydrogens (tertiary/aromatic N) is 3. The molecule has 0 fully saturated rings. The van der Waals surface area contributed by atoms with Crippen molar-refractivity contribution in [3.63, 3.8) is 0 Å². The lowest BCUT2D eigenvalue weighted by atomic mass is 10.3. The number of carbonyl (C=O) groups is 1. The fraction of sp³-hybridized carbons (Fsp3) is 0.400. The molecule has 7 heteroatoms. The molecule has 1 N–H and O–H groups in total. The number of fused-ring (bicyclic) bond motifs is 3. The number of hydrogen-bond acceptors (Lipinski definition) is 4. The van der Waals surface area contributed by atoms with Gasteiger partial charge in [-0.2, -0.15) is 5.10 Å². The zero-order valence-corrected chi connectivity index (χ0v) is 13.4. The van der Waals surface area contributed by atoms with Gasteiger partial charge in [0.25, 0.3) is 5.56 Å². The van der Waals surface area contributed by atoms with Crippen molar-refractivity contribution in [3.8, 4) is 0 Å². The minimum atomic E-state index is -0.240. The smallest absolute Gasteiger partial charge is 0.291 e. The molecule has 0 aliphatic carbocycles. The molecule has 3 heterocycles. The van der Waals surface area contributed by atoms with E-state index in [1.165, 1.54) is 9.56 Å². The van der Waals surface area contributed by atoms with Gasteiger partial charge in [0.1, 0.15) is 18.4 Å². The summed E-state index contributed by atoms with van der Waals surface area (Å²) in [5.41, 5.74) is 1.32. The molecule has 0 aromatic carbocycles. The third-order valence-corrected chi connectivity index (χ3v) is 4.77. The van der Waals surface area contributed by atoms with Crippen LogP contribution in [0, 0.1) is 0 Å². The van der Waals surface area contributed by atoms with Gasteiger partial charge in [-0.05, 0) is 25.0 Å². The summed E-state index contributed by atoms with van der Waals surface area (Å²) in [6.45, 7) is 4.65. The SMILES string of the molecule is CCCNC(=O)Cn1ncn2c(cc3sc(CC)cc32)c1=O. The number of rotatable bonds is 5. The summed E-state index contributed by atoms with van der Waals surface area (Å²) in [6.07, 6.45) is 3.45.